The predicted molar refractivity (Wildman–Crippen MR) is 89.7 cm³/mol. The maximum atomic E-state index is 13.1. The molecule has 140 valence electrons. The van der Waals surface area contributed by atoms with Crippen LogP contribution in [-0.4, -0.2) is 40.6 Å². The number of rotatable bonds is 4. The van der Waals surface area contributed by atoms with Gasteiger partial charge in [-0.25, -0.2) is 0 Å². The zero-order chi connectivity index (χ0) is 19.6. The van der Waals surface area contributed by atoms with Crippen LogP contribution < -0.4 is 5.32 Å². The van der Waals surface area contributed by atoms with Crippen LogP contribution in [0.1, 0.15) is 27.2 Å². The molecule has 1 N–H and O–H groups in total. The Labute approximate surface area is 148 Å². The lowest BCUT2D eigenvalue weighted by Gasteiger charge is -2.15. The molecule has 0 saturated heterocycles. The molecule has 0 aliphatic rings. The highest BCUT2D eigenvalue weighted by Crippen LogP contribution is 2.32. The molecule has 0 atom stereocenters. The second-order valence-electron chi connectivity index (χ2n) is 6.13. The predicted octanol–water partition coefficient (Wildman–Crippen LogP) is 2.63. The summed E-state index contributed by atoms with van der Waals surface area (Å²) in [5.41, 5.74) is 0.0871. The van der Waals surface area contributed by atoms with Crippen LogP contribution in [0.2, 0.25) is 0 Å². The first-order chi connectivity index (χ1) is 12.0. The number of benzene rings is 1. The summed E-state index contributed by atoms with van der Waals surface area (Å²) < 4.78 is 40.9. The third-order valence-electron chi connectivity index (χ3n) is 3.66. The molecule has 1 aromatic carbocycles. The number of halogens is 3. The molecule has 0 aliphatic carbocycles. The van der Waals surface area contributed by atoms with Gasteiger partial charge in [0.25, 0.3) is 5.91 Å². The molecule has 6 nitrogen and oxygen atoms in total. The number of nitrogens with one attached hydrogen (secondary N) is 1. The number of nitrogens with zero attached hydrogens (tertiary/aromatic N) is 3. The largest absolute Gasteiger partial charge is 0.416 e. The Morgan fingerprint density at radius 3 is 2.38 bits per heavy atom. The van der Waals surface area contributed by atoms with Crippen LogP contribution in [0.3, 0.4) is 0 Å². The van der Waals surface area contributed by atoms with Crippen molar-refractivity contribution in [2.45, 2.75) is 19.5 Å². The fourth-order valence-electron chi connectivity index (χ4n) is 2.45. The Hall–Kier alpha value is -2.84. The van der Waals surface area contributed by atoms with Gasteiger partial charge < -0.3 is 10.2 Å². The van der Waals surface area contributed by atoms with Crippen LogP contribution in [-0.2, 0) is 24.4 Å². The molecule has 1 aromatic heterocycles. The number of alkyl halides is 3. The summed E-state index contributed by atoms with van der Waals surface area (Å²) in [6, 6.07) is 2.80. The van der Waals surface area contributed by atoms with Crippen molar-refractivity contribution < 1.29 is 22.8 Å². The number of hydrogen-bond donors (Lipinski definition) is 1. The van der Waals surface area contributed by atoms with Crippen molar-refractivity contribution in [2.24, 2.45) is 7.05 Å². The van der Waals surface area contributed by atoms with Crippen molar-refractivity contribution in [2.75, 3.05) is 19.4 Å². The van der Waals surface area contributed by atoms with Crippen LogP contribution in [0.5, 0.6) is 0 Å². The summed E-state index contributed by atoms with van der Waals surface area (Å²) in [6.07, 6.45) is -3.00. The molecule has 0 saturated carbocycles. The van der Waals surface area contributed by atoms with Gasteiger partial charge in [0.2, 0.25) is 5.91 Å². The number of aryl methyl sites for hydroxylation is 2. The molecule has 2 amide bonds. The van der Waals surface area contributed by atoms with Gasteiger partial charge in [0.05, 0.1) is 17.7 Å². The molecule has 1 heterocycles. The summed E-state index contributed by atoms with van der Waals surface area (Å²) in [5.74, 6) is -1.08. The zero-order valence-corrected chi connectivity index (χ0v) is 14.8. The molecule has 26 heavy (non-hydrogen) atoms. The van der Waals surface area contributed by atoms with E-state index in [1.54, 1.807) is 24.9 Å². The Morgan fingerprint density at radius 1 is 1.23 bits per heavy atom. The highest BCUT2D eigenvalue weighted by Gasteiger charge is 2.32. The Balaban J connectivity index is 2.29. The van der Waals surface area contributed by atoms with E-state index in [1.165, 1.54) is 25.1 Å². The molecule has 0 radical (unpaired) electrons. The minimum absolute atomic E-state index is 0.0348. The van der Waals surface area contributed by atoms with Crippen molar-refractivity contribution in [1.29, 1.82) is 0 Å². The summed E-state index contributed by atoms with van der Waals surface area (Å²) in [4.78, 5) is 25.4. The topological polar surface area (TPSA) is 67.2 Å². The van der Waals surface area contributed by atoms with Crippen molar-refractivity contribution >= 4 is 17.5 Å². The maximum absolute atomic E-state index is 13.1. The lowest BCUT2D eigenvalue weighted by Crippen LogP contribution is -2.23. The SMILES string of the molecule is Cc1nn(C)cc1CC(=O)Nc1cc(C(=O)N(C)C)cc(C(F)(F)F)c1. The second-order valence-corrected chi connectivity index (χ2v) is 6.13. The van der Waals surface area contributed by atoms with Gasteiger partial charge in [-0.05, 0) is 25.1 Å². The Morgan fingerprint density at radius 2 is 1.88 bits per heavy atom. The van der Waals surface area contributed by atoms with Gasteiger partial charge in [-0.3, -0.25) is 14.3 Å². The molecule has 0 bridgehead atoms. The van der Waals surface area contributed by atoms with E-state index in [-0.39, 0.29) is 17.7 Å². The highest BCUT2D eigenvalue weighted by atomic mass is 19.4. The first-order valence-electron chi connectivity index (χ1n) is 7.70. The smallest absolute Gasteiger partial charge is 0.345 e. The standard InChI is InChI=1S/C17H19F3N4O2/c1-10-12(9-24(4)22-10)7-15(25)21-14-6-11(16(26)23(2)3)5-13(8-14)17(18,19)20/h5-6,8-9H,7H2,1-4H3,(H,21,25). The monoisotopic (exact) mass is 368 g/mol. The lowest BCUT2D eigenvalue weighted by atomic mass is 10.1. The maximum Gasteiger partial charge on any atom is 0.416 e. The minimum atomic E-state index is -4.64. The summed E-state index contributed by atoms with van der Waals surface area (Å²) >= 11 is 0. The third kappa shape index (κ3) is 4.62. The molecule has 0 aliphatic heterocycles. The van der Waals surface area contributed by atoms with Gasteiger partial charge in [-0.1, -0.05) is 0 Å². The van der Waals surface area contributed by atoms with Gasteiger partial charge in [-0.15, -0.1) is 0 Å². The van der Waals surface area contributed by atoms with Gasteiger partial charge in [-0.2, -0.15) is 18.3 Å². The summed E-state index contributed by atoms with van der Waals surface area (Å²) in [7, 11) is 4.58. The van der Waals surface area contributed by atoms with E-state index in [9.17, 15) is 22.8 Å². The average molecular weight is 368 g/mol. The third-order valence-corrected chi connectivity index (χ3v) is 3.66. The summed E-state index contributed by atoms with van der Waals surface area (Å²) in [6.45, 7) is 1.74. The molecular weight excluding hydrogens is 349 g/mol. The molecular formula is C17H19F3N4O2. The van der Waals surface area contributed by atoms with Crippen LogP contribution in [0, 0.1) is 6.92 Å². The van der Waals surface area contributed by atoms with Gasteiger partial charge in [0.15, 0.2) is 0 Å². The van der Waals surface area contributed by atoms with E-state index in [2.05, 4.69) is 10.4 Å². The molecule has 2 rings (SSSR count). The average Bonchev–Trinajstić information content (AvgIpc) is 2.82. The number of aromatic nitrogens is 2. The van der Waals surface area contributed by atoms with Gasteiger partial charge in [0, 0.05) is 44.2 Å². The number of hydrogen-bond acceptors (Lipinski definition) is 3. The van der Waals surface area contributed by atoms with Crippen molar-refractivity contribution in [1.82, 2.24) is 14.7 Å². The fraction of sp³-hybridized carbons (Fsp3) is 0.353. The minimum Gasteiger partial charge on any atom is -0.345 e. The van der Waals surface area contributed by atoms with Crippen LogP contribution in [0.25, 0.3) is 0 Å². The first-order valence-corrected chi connectivity index (χ1v) is 7.70. The van der Waals surface area contributed by atoms with E-state index in [0.29, 0.717) is 11.3 Å². The van der Waals surface area contributed by atoms with Crippen LogP contribution >= 0.6 is 0 Å². The van der Waals surface area contributed by atoms with E-state index >= 15 is 0 Å². The normalized spacial score (nSPS) is 11.3. The Bertz CT molecular complexity index is 841. The van der Waals surface area contributed by atoms with Crippen LogP contribution in [0.4, 0.5) is 18.9 Å². The van der Waals surface area contributed by atoms with Crippen LogP contribution in [0.15, 0.2) is 24.4 Å². The number of anilines is 1. The first kappa shape index (κ1) is 19.5. The molecule has 9 heteroatoms. The van der Waals surface area contributed by atoms with Gasteiger partial charge in [0.1, 0.15) is 0 Å². The summed E-state index contributed by atoms with van der Waals surface area (Å²) in [5, 5.41) is 6.54. The van der Waals surface area contributed by atoms with Crippen molar-refractivity contribution in [3.63, 3.8) is 0 Å². The van der Waals surface area contributed by atoms with Crippen molar-refractivity contribution in [3.8, 4) is 0 Å². The van der Waals surface area contributed by atoms with Gasteiger partial charge >= 0.3 is 6.18 Å². The molecule has 0 spiro atoms. The second kappa shape index (κ2) is 7.19. The number of carbonyl (C=O) groups is 2. The Kier molecular flexibility index (Phi) is 5.38. The molecule has 0 unspecified atom stereocenters. The molecule has 2 aromatic rings. The number of carbonyl (C=O) groups excluding carboxylic acids is 2. The number of amides is 2. The quantitative estimate of drug-likeness (QED) is 0.902. The van der Waals surface area contributed by atoms with E-state index < -0.39 is 23.6 Å². The van der Waals surface area contributed by atoms with E-state index in [0.717, 1.165) is 12.1 Å². The highest BCUT2D eigenvalue weighted by molar-refractivity contribution is 5.97. The lowest BCUT2D eigenvalue weighted by molar-refractivity contribution is -0.137. The zero-order valence-electron chi connectivity index (χ0n) is 14.8. The fourth-order valence-corrected chi connectivity index (χ4v) is 2.45. The van der Waals surface area contributed by atoms with Crippen molar-refractivity contribution in [3.05, 3.63) is 46.8 Å². The molecule has 0 fully saturated rings. The van der Waals surface area contributed by atoms with E-state index in [1.807, 2.05) is 0 Å². The van der Waals surface area contributed by atoms with E-state index in [4.69, 9.17) is 0 Å².